The van der Waals surface area contributed by atoms with Gasteiger partial charge in [0.25, 0.3) is 0 Å². The Labute approximate surface area is 123 Å². The van der Waals surface area contributed by atoms with Gasteiger partial charge in [0.15, 0.2) is 11.6 Å². The van der Waals surface area contributed by atoms with Crippen LogP contribution < -0.4 is 10.5 Å². The molecular formula is C12H17ClF2N2O2S. The van der Waals surface area contributed by atoms with Crippen LogP contribution in [0.2, 0.25) is 0 Å². The van der Waals surface area contributed by atoms with Crippen molar-refractivity contribution >= 4 is 22.4 Å². The first-order valence-electron chi connectivity index (χ1n) is 6.11. The molecule has 114 valence electrons. The Kier molecular flexibility index (Phi) is 5.88. The van der Waals surface area contributed by atoms with Gasteiger partial charge in [-0.3, -0.25) is 0 Å². The molecule has 0 aliphatic heterocycles. The minimum Gasteiger partial charge on any atom is -0.330 e. The highest BCUT2D eigenvalue weighted by Crippen LogP contribution is 2.26. The van der Waals surface area contributed by atoms with Gasteiger partial charge in [-0.05, 0) is 43.5 Å². The van der Waals surface area contributed by atoms with E-state index in [2.05, 4.69) is 4.72 Å². The van der Waals surface area contributed by atoms with Crippen LogP contribution in [0, 0.1) is 17.6 Å². The van der Waals surface area contributed by atoms with Crippen molar-refractivity contribution < 1.29 is 17.2 Å². The highest BCUT2D eigenvalue weighted by atomic mass is 35.5. The maximum atomic E-state index is 13.1. The van der Waals surface area contributed by atoms with E-state index in [0.717, 1.165) is 25.0 Å². The molecule has 2 unspecified atom stereocenters. The number of hydrogen-bond acceptors (Lipinski definition) is 3. The molecule has 1 aliphatic rings. The molecule has 0 saturated heterocycles. The highest BCUT2D eigenvalue weighted by Gasteiger charge is 2.30. The maximum Gasteiger partial charge on any atom is 0.240 e. The van der Waals surface area contributed by atoms with Crippen LogP contribution in [0.4, 0.5) is 8.78 Å². The Morgan fingerprint density at radius 3 is 2.55 bits per heavy atom. The number of nitrogens with two attached hydrogens (primary N) is 1. The molecule has 1 aromatic carbocycles. The molecule has 2 rings (SSSR count). The van der Waals surface area contributed by atoms with Crippen molar-refractivity contribution in [1.82, 2.24) is 4.72 Å². The lowest BCUT2D eigenvalue weighted by Crippen LogP contribution is -2.39. The summed E-state index contributed by atoms with van der Waals surface area (Å²) in [5.41, 5.74) is 5.58. The average Bonchev–Trinajstić information content (AvgIpc) is 2.79. The third-order valence-electron chi connectivity index (χ3n) is 3.47. The third kappa shape index (κ3) is 3.66. The Hall–Kier alpha value is -0.760. The van der Waals surface area contributed by atoms with E-state index in [4.69, 9.17) is 5.73 Å². The number of sulfonamides is 1. The van der Waals surface area contributed by atoms with Crippen molar-refractivity contribution in [2.24, 2.45) is 11.7 Å². The molecule has 0 amide bonds. The Bertz CT molecular complexity index is 569. The van der Waals surface area contributed by atoms with Crippen LogP contribution in [0.15, 0.2) is 23.1 Å². The second kappa shape index (κ2) is 6.80. The minimum atomic E-state index is -3.84. The van der Waals surface area contributed by atoms with E-state index in [9.17, 15) is 17.2 Å². The fourth-order valence-corrected chi connectivity index (χ4v) is 3.74. The predicted molar refractivity (Wildman–Crippen MR) is 74.1 cm³/mol. The monoisotopic (exact) mass is 326 g/mol. The van der Waals surface area contributed by atoms with E-state index in [1.54, 1.807) is 0 Å². The van der Waals surface area contributed by atoms with Crippen molar-refractivity contribution in [3.05, 3.63) is 29.8 Å². The number of rotatable bonds is 4. The lowest BCUT2D eigenvalue weighted by atomic mass is 10.1. The third-order valence-corrected chi connectivity index (χ3v) is 4.96. The van der Waals surface area contributed by atoms with Gasteiger partial charge in [0.2, 0.25) is 10.0 Å². The zero-order valence-electron chi connectivity index (χ0n) is 10.7. The molecule has 0 heterocycles. The van der Waals surface area contributed by atoms with Crippen molar-refractivity contribution in [2.45, 2.75) is 30.2 Å². The first-order chi connectivity index (χ1) is 8.94. The SMILES string of the molecule is Cl.NCC1CCCC1NS(=O)(=O)c1ccc(F)c(F)c1. The van der Waals surface area contributed by atoms with E-state index < -0.39 is 21.7 Å². The largest absolute Gasteiger partial charge is 0.330 e. The molecule has 0 spiro atoms. The van der Waals surface area contributed by atoms with Gasteiger partial charge in [-0.15, -0.1) is 12.4 Å². The van der Waals surface area contributed by atoms with Crippen LogP contribution in [0.1, 0.15) is 19.3 Å². The molecule has 3 N–H and O–H groups in total. The molecule has 1 aromatic rings. The lowest BCUT2D eigenvalue weighted by molar-refractivity contribution is 0.452. The summed E-state index contributed by atoms with van der Waals surface area (Å²) < 4.78 is 52.5. The summed E-state index contributed by atoms with van der Waals surface area (Å²) in [6, 6.07) is 2.30. The highest BCUT2D eigenvalue weighted by molar-refractivity contribution is 7.89. The fourth-order valence-electron chi connectivity index (χ4n) is 2.39. The first kappa shape index (κ1) is 17.3. The Morgan fingerprint density at radius 1 is 1.25 bits per heavy atom. The van der Waals surface area contributed by atoms with E-state index in [1.165, 1.54) is 0 Å². The zero-order valence-corrected chi connectivity index (χ0v) is 12.3. The number of nitrogens with one attached hydrogen (secondary N) is 1. The van der Waals surface area contributed by atoms with Gasteiger partial charge in [0, 0.05) is 6.04 Å². The number of benzene rings is 1. The van der Waals surface area contributed by atoms with E-state index in [1.807, 2.05) is 0 Å². The summed E-state index contributed by atoms with van der Waals surface area (Å²) >= 11 is 0. The molecule has 8 heteroatoms. The molecule has 2 atom stereocenters. The van der Waals surface area contributed by atoms with Crippen LogP contribution in [0.3, 0.4) is 0 Å². The Balaban J connectivity index is 0.00000200. The predicted octanol–water partition coefficient (Wildman–Crippen LogP) is 1.79. The quantitative estimate of drug-likeness (QED) is 0.886. The van der Waals surface area contributed by atoms with Crippen LogP contribution in [0.25, 0.3) is 0 Å². The summed E-state index contributed by atoms with van der Waals surface area (Å²) in [7, 11) is -3.84. The van der Waals surface area contributed by atoms with Crippen molar-refractivity contribution in [2.75, 3.05) is 6.54 Å². The fraction of sp³-hybridized carbons (Fsp3) is 0.500. The number of halogens is 3. The summed E-state index contributed by atoms with van der Waals surface area (Å²) in [6.07, 6.45) is 2.50. The van der Waals surface area contributed by atoms with Gasteiger partial charge < -0.3 is 5.73 Å². The van der Waals surface area contributed by atoms with E-state index in [0.29, 0.717) is 19.0 Å². The first-order valence-corrected chi connectivity index (χ1v) is 7.60. The zero-order chi connectivity index (χ0) is 14.0. The second-order valence-corrected chi connectivity index (χ2v) is 6.44. The van der Waals surface area contributed by atoms with Crippen molar-refractivity contribution in [1.29, 1.82) is 0 Å². The van der Waals surface area contributed by atoms with Crippen LogP contribution in [0.5, 0.6) is 0 Å². The van der Waals surface area contributed by atoms with Crippen LogP contribution >= 0.6 is 12.4 Å². The van der Waals surface area contributed by atoms with Crippen LogP contribution in [-0.4, -0.2) is 21.0 Å². The smallest absolute Gasteiger partial charge is 0.240 e. The van der Waals surface area contributed by atoms with Crippen LogP contribution in [-0.2, 0) is 10.0 Å². The molecule has 0 radical (unpaired) electrons. The van der Waals surface area contributed by atoms with E-state index >= 15 is 0 Å². The molecular weight excluding hydrogens is 310 g/mol. The second-order valence-electron chi connectivity index (χ2n) is 4.73. The lowest BCUT2D eigenvalue weighted by Gasteiger charge is -2.19. The van der Waals surface area contributed by atoms with E-state index in [-0.39, 0.29) is 29.3 Å². The standard InChI is InChI=1S/C12H16F2N2O2S.ClH/c13-10-5-4-9(6-11(10)14)19(17,18)16-12-3-1-2-8(12)7-15;/h4-6,8,12,16H,1-3,7,15H2;1H. The number of hydrogen-bond donors (Lipinski definition) is 2. The molecule has 0 aromatic heterocycles. The Morgan fingerprint density at radius 2 is 1.95 bits per heavy atom. The van der Waals surface area contributed by atoms with Gasteiger partial charge in [0.05, 0.1) is 4.90 Å². The normalized spacial score (nSPS) is 22.6. The minimum absolute atomic E-state index is 0. The molecule has 1 fully saturated rings. The van der Waals surface area contributed by atoms with Gasteiger partial charge in [-0.1, -0.05) is 6.42 Å². The summed E-state index contributed by atoms with van der Waals surface area (Å²) in [4.78, 5) is -0.269. The summed E-state index contributed by atoms with van der Waals surface area (Å²) in [5.74, 6) is -2.15. The van der Waals surface area contributed by atoms with Crippen molar-refractivity contribution in [3.63, 3.8) is 0 Å². The van der Waals surface area contributed by atoms with Gasteiger partial charge in [-0.25, -0.2) is 21.9 Å². The molecule has 0 bridgehead atoms. The molecule has 4 nitrogen and oxygen atoms in total. The molecule has 20 heavy (non-hydrogen) atoms. The maximum absolute atomic E-state index is 13.1. The van der Waals surface area contributed by atoms with Gasteiger partial charge in [-0.2, -0.15) is 0 Å². The summed E-state index contributed by atoms with van der Waals surface area (Å²) in [5, 5.41) is 0. The average molecular weight is 327 g/mol. The van der Waals surface area contributed by atoms with Crippen molar-refractivity contribution in [3.8, 4) is 0 Å². The summed E-state index contributed by atoms with van der Waals surface area (Å²) in [6.45, 7) is 0.408. The molecule has 1 aliphatic carbocycles. The van der Waals surface area contributed by atoms with Gasteiger partial charge >= 0.3 is 0 Å². The topological polar surface area (TPSA) is 72.2 Å². The van der Waals surface area contributed by atoms with Gasteiger partial charge in [0.1, 0.15) is 0 Å². The molecule has 1 saturated carbocycles.